The van der Waals surface area contributed by atoms with Crippen LogP contribution in [0.1, 0.15) is 27.2 Å². The van der Waals surface area contributed by atoms with Crippen molar-refractivity contribution in [2.45, 2.75) is 45.4 Å². The maximum Gasteiger partial charge on any atom is 0.323 e. The molecule has 0 heterocycles. The number of aliphatic carboxylic acids is 2. The Morgan fingerprint density at radius 3 is 1.53 bits per heavy atom. The first-order chi connectivity index (χ1) is 7.59. The highest BCUT2D eigenvalue weighted by atomic mass is 16.4. The molecule has 17 heavy (non-hydrogen) atoms. The van der Waals surface area contributed by atoms with Gasteiger partial charge < -0.3 is 26.8 Å². The van der Waals surface area contributed by atoms with Gasteiger partial charge in [0, 0.05) is 0 Å². The van der Waals surface area contributed by atoms with E-state index in [1.54, 1.807) is 0 Å². The minimum atomic E-state index is -1.18. The second kappa shape index (κ2) is 8.91. The molecule has 7 nitrogen and oxygen atoms in total. The summed E-state index contributed by atoms with van der Waals surface area (Å²) >= 11 is 0. The van der Waals surface area contributed by atoms with Gasteiger partial charge in [-0.2, -0.15) is 0 Å². The van der Waals surface area contributed by atoms with Crippen LogP contribution >= 0.6 is 0 Å². The third-order valence-electron chi connectivity index (χ3n) is 1.85. The van der Waals surface area contributed by atoms with Crippen molar-refractivity contribution in [1.82, 2.24) is 0 Å². The number of nitrogens with two attached hydrogens (primary N) is 2. The van der Waals surface area contributed by atoms with E-state index in [2.05, 4.69) is 0 Å². The lowest BCUT2D eigenvalue weighted by atomic mass is 10.1. The lowest BCUT2D eigenvalue weighted by Crippen LogP contribution is -2.39. The van der Waals surface area contributed by atoms with Gasteiger partial charge in [0.25, 0.3) is 0 Å². The number of carbonyl (C=O) groups is 2. The van der Waals surface area contributed by atoms with Gasteiger partial charge >= 0.3 is 11.9 Å². The predicted octanol–water partition coefficient (Wildman–Crippen LogP) is -0.776. The molecule has 0 aliphatic rings. The Labute approximate surface area is 100 Å². The van der Waals surface area contributed by atoms with Crippen LogP contribution in [0.3, 0.4) is 0 Å². The molecule has 0 aliphatic heterocycles. The molecular formula is C10H22N2O5. The van der Waals surface area contributed by atoms with Crippen LogP contribution in [-0.4, -0.2) is 45.4 Å². The molecule has 0 aromatic rings. The van der Waals surface area contributed by atoms with Gasteiger partial charge in [-0.05, 0) is 19.3 Å². The summed E-state index contributed by atoms with van der Waals surface area (Å²) in [5.74, 6) is -1.74. The fourth-order valence-corrected chi connectivity index (χ4v) is 0.815. The van der Waals surface area contributed by atoms with Crippen molar-refractivity contribution in [2.75, 3.05) is 0 Å². The first-order valence-corrected chi connectivity index (χ1v) is 5.24. The fraction of sp³-hybridized carbons (Fsp3) is 0.800. The molecule has 0 unspecified atom stereocenters. The van der Waals surface area contributed by atoms with Crippen LogP contribution in [0, 0.1) is 5.92 Å². The van der Waals surface area contributed by atoms with Crippen molar-refractivity contribution in [2.24, 2.45) is 17.4 Å². The van der Waals surface area contributed by atoms with Gasteiger partial charge in [-0.15, -0.1) is 0 Å². The van der Waals surface area contributed by atoms with E-state index in [4.69, 9.17) is 26.8 Å². The minimum absolute atomic E-state index is 0.357. The highest BCUT2D eigenvalue weighted by Gasteiger charge is 2.16. The predicted molar refractivity (Wildman–Crippen MR) is 62.4 cm³/mol. The van der Waals surface area contributed by atoms with E-state index in [1.165, 1.54) is 6.92 Å². The average Bonchev–Trinajstić information content (AvgIpc) is 2.15. The fourth-order valence-electron chi connectivity index (χ4n) is 0.815. The summed E-state index contributed by atoms with van der Waals surface area (Å²) in [6.45, 7) is 5.23. The molecule has 0 fully saturated rings. The smallest absolute Gasteiger partial charge is 0.323 e. The second-order valence-electron chi connectivity index (χ2n) is 4.18. The van der Waals surface area contributed by atoms with Crippen molar-refractivity contribution in [3.05, 3.63) is 0 Å². The lowest BCUT2D eigenvalue weighted by molar-refractivity contribution is -0.141. The molecule has 0 amide bonds. The van der Waals surface area contributed by atoms with E-state index in [1.807, 2.05) is 13.8 Å². The Hall–Kier alpha value is -1.18. The number of aliphatic hydroxyl groups excluding tert-OH is 1. The van der Waals surface area contributed by atoms with E-state index in [0.717, 1.165) is 0 Å². The molecule has 0 radical (unpaired) electrons. The SMILES string of the molecule is CC(C)C[C@@H](N)C(=O)O.C[C@@H](O)[C@H](N)C(=O)O. The Kier molecular flexibility index (Phi) is 9.54. The van der Waals surface area contributed by atoms with Gasteiger partial charge in [0.2, 0.25) is 0 Å². The Morgan fingerprint density at radius 2 is 1.47 bits per heavy atom. The van der Waals surface area contributed by atoms with Crippen LogP contribution in [0.15, 0.2) is 0 Å². The number of rotatable bonds is 5. The summed E-state index contributed by atoms with van der Waals surface area (Å²) in [4.78, 5) is 20.0. The first kappa shape index (κ1) is 18.2. The summed E-state index contributed by atoms with van der Waals surface area (Å²) in [5, 5.41) is 24.9. The molecule has 0 aliphatic carbocycles. The topological polar surface area (TPSA) is 147 Å². The van der Waals surface area contributed by atoms with Gasteiger partial charge in [0.15, 0.2) is 0 Å². The summed E-state index contributed by atoms with van der Waals surface area (Å²) in [5.41, 5.74) is 10.1. The lowest BCUT2D eigenvalue weighted by Gasteiger charge is -2.07. The number of hydrogen-bond acceptors (Lipinski definition) is 5. The summed E-state index contributed by atoms with van der Waals surface area (Å²) < 4.78 is 0. The van der Waals surface area contributed by atoms with Crippen LogP contribution in [0.25, 0.3) is 0 Å². The van der Waals surface area contributed by atoms with Crippen molar-refractivity contribution < 1.29 is 24.9 Å². The molecule has 7 heteroatoms. The van der Waals surface area contributed by atoms with Crippen molar-refractivity contribution in [3.63, 3.8) is 0 Å². The third kappa shape index (κ3) is 11.1. The number of carboxylic acid groups (broad SMARTS) is 2. The highest BCUT2D eigenvalue weighted by Crippen LogP contribution is 2.01. The van der Waals surface area contributed by atoms with Crippen LogP contribution in [0.5, 0.6) is 0 Å². The molecule has 0 saturated heterocycles. The molecule has 102 valence electrons. The largest absolute Gasteiger partial charge is 0.480 e. The third-order valence-corrected chi connectivity index (χ3v) is 1.85. The Balaban J connectivity index is 0. The van der Waals surface area contributed by atoms with Crippen molar-refractivity contribution in [3.8, 4) is 0 Å². The molecule has 0 rings (SSSR count). The first-order valence-electron chi connectivity index (χ1n) is 5.24. The van der Waals surface area contributed by atoms with E-state index < -0.39 is 30.1 Å². The number of carboxylic acids is 2. The molecular weight excluding hydrogens is 228 g/mol. The van der Waals surface area contributed by atoms with Gasteiger partial charge in [0.1, 0.15) is 12.1 Å². The molecule has 3 atom stereocenters. The highest BCUT2D eigenvalue weighted by molar-refractivity contribution is 5.73. The second-order valence-corrected chi connectivity index (χ2v) is 4.18. The van der Waals surface area contributed by atoms with Crippen LogP contribution in [0.2, 0.25) is 0 Å². The molecule has 0 aromatic heterocycles. The zero-order valence-electron chi connectivity index (χ0n) is 10.3. The zero-order valence-corrected chi connectivity index (χ0v) is 10.3. The number of hydrogen-bond donors (Lipinski definition) is 5. The van der Waals surface area contributed by atoms with Gasteiger partial charge in [-0.3, -0.25) is 9.59 Å². The van der Waals surface area contributed by atoms with Crippen LogP contribution in [-0.2, 0) is 9.59 Å². The molecule has 0 saturated carbocycles. The van der Waals surface area contributed by atoms with E-state index in [0.29, 0.717) is 12.3 Å². The van der Waals surface area contributed by atoms with Crippen molar-refractivity contribution in [1.29, 1.82) is 0 Å². The average molecular weight is 250 g/mol. The maximum absolute atomic E-state index is 10.1. The summed E-state index contributed by atoms with van der Waals surface area (Å²) in [6, 6.07) is -1.85. The van der Waals surface area contributed by atoms with Crippen LogP contribution < -0.4 is 11.5 Å². The van der Waals surface area contributed by atoms with E-state index >= 15 is 0 Å². The van der Waals surface area contributed by atoms with Crippen LogP contribution in [0.4, 0.5) is 0 Å². The van der Waals surface area contributed by atoms with Gasteiger partial charge in [-0.25, -0.2) is 0 Å². The molecule has 7 N–H and O–H groups in total. The Bertz CT molecular complexity index is 243. The maximum atomic E-state index is 10.1. The van der Waals surface area contributed by atoms with E-state index in [-0.39, 0.29) is 0 Å². The monoisotopic (exact) mass is 250 g/mol. The minimum Gasteiger partial charge on any atom is -0.480 e. The molecule has 0 spiro atoms. The normalized spacial score (nSPS) is 15.5. The Morgan fingerprint density at radius 1 is 1.06 bits per heavy atom. The quantitative estimate of drug-likeness (QED) is 0.430. The van der Waals surface area contributed by atoms with Gasteiger partial charge in [0.05, 0.1) is 6.10 Å². The number of aliphatic hydroxyl groups is 1. The summed E-state index contributed by atoms with van der Waals surface area (Å²) in [6.07, 6.45) is -0.428. The molecule has 0 aromatic carbocycles. The molecule has 0 bridgehead atoms. The summed E-state index contributed by atoms with van der Waals surface area (Å²) in [7, 11) is 0. The zero-order chi connectivity index (χ0) is 14.2. The standard InChI is InChI=1S/C6H13NO2.C4H9NO3/c1-4(2)3-5(7)6(8)9;1-2(6)3(5)4(7)8/h4-5H,3,7H2,1-2H3,(H,8,9);2-3,6H,5H2,1H3,(H,7,8)/t5-;2-,3+/m11/s1. The van der Waals surface area contributed by atoms with E-state index in [9.17, 15) is 9.59 Å². The van der Waals surface area contributed by atoms with Crippen molar-refractivity contribution >= 4 is 11.9 Å². The van der Waals surface area contributed by atoms with Gasteiger partial charge in [-0.1, -0.05) is 13.8 Å².